The number of rotatable bonds is 7. The van der Waals surface area contributed by atoms with E-state index < -0.39 is 16.0 Å². The molecule has 3 aromatic carbocycles. The molecule has 0 unspecified atom stereocenters. The number of esters is 1. The Morgan fingerprint density at radius 2 is 1.71 bits per heavy atom. The number of carbonyl (C=O) groups excluding carboxylic acids is 1. The van der Waals surface area contributed by atoms with Gasteiger partial charge in [-0.2, -0.15) is 13.5 Å². The molecule has 31 heavy (non-hydrogen) atoms. The van der Waals surface area contributed by atoms with Crippen LogP contribution in [0, 0.1) is 6.92 Å². The van der Waals surface area contributed by atoms with Gasteiger partial charge in [0, 0.05) is 0 Å². The first-order valence-corrected chi connectivity index (χ1v) is 10.9. The molecular weight excluding hydrogens is 440 g/mol. The van der Waals surface area contributed by atoms with Crippen LogP contribution in [0.5, 0.6) is 11.5 Å². The van der Waals surface area contributed by atoms with Gasteiger partial charge in [0.05, 0.1) is 28.8 Å². The molecule has 3 aromatic rings. The highest BCUT2D eigenvalue weighted by molar-refractivity contribution is 7.89. The highest BCUT2D eigenvalue weighted by Gasteiger charge is 2.13. The number of hydrogen-bond donors (Lipinski definition) is 1. The number of carbonyl (C=O) groups is 1. The van der Waals surface area contributed by atoms with Gasteiger partial charge in [0.2, 0.25) is 0 Å². The molecule has 0 spiro atoms. The zero-order chi connectivity index (χ0) is 22.4. The van der Waals surface area contributed by atoms with Crippen molar-refractivity contribution in [2.75, 3.05) is 7.11 Å². The molecule has 3 rings (SSSR count). The number of halogens is 1. The van der Waals surface area contributed by atoms with Crippen LogP contribution < -0.4 is 14.3 Å². The molecule has 0 amide bonds. The summed E-state index contributed by atoms with van der Waals surface area (Å²) in [4.78, 5) is 14.5. The largest absolute Gasteiger partial charge is 0.497 e. The van der Waals surface area contributed by atoms with E-state index in [0.717, 1.165) is 5.56 Å². The molecule has 0 aliphatic carbocycles. The molecular formula is C22H19ClN2O5S. The van der Waals surface area contributed by atoms with Gasteiger partial charge in [0.25, 0.3) is 10.0 Å². The van der Waals surface area contributed by atoms with Gasteiger partial charge in [-0.05, 0) is 67.1 Å². The lowest BCUT2D eigenvalue weighted by Crippen LogP contribution is -2.18. The number of hydrogen-bond acceptors (Lipinski definition) is 6. The maximum atomic E-state index is 12.3. The number of nitrogens with one attached hydrogen (secondary N) is 1. The normalized spacial score (nSPS) is 11.3. The molecule has 0 bridgehead atoms. The number of benzene rings is 3. The Kier molecular flexibility index (Phi) is 6.94. The van der Waals surface area contributed by atoms with Gasteiger partial charge in [0.15, 0.2) is 0 Å². The van der Waals surface area contributed by atoms with Crippen LogP contribution in [0.1, 0.15) is 21.5 Å². The number of hydrazone groups is 1. The van der Waals surface area contributed by atoms with E-state index in [1.54, 1.807) is 42.5 Å². The molecule has 0 fully saturated rings. The first-order valence-electron chi connectivity index (χ1n) is 9.06. The average molecular weight is 459 g/mol. The zero-order valence-corrected chi connectivity index (χ0v) is 18.3. The van der Waals surface area contributed by atoms with Gasteiger partial charge in [-0.25, -0.2) is 9.63 Å². The summed E-state index contributed by atoms with van der Waals surface area (Å²) < 4.78 is 34.8. The molecule has 0 radical (unpaired) electrons. The van der Waals surface area contributed by atoms with Crippen LogP contribution in [0.4, 0.5) is 0 Å². The second-order valence-corrected chi connectivity index (χ2v) is 8.54. The second kappa shape index (κ2) is 9.63. The van der Waals surface area contributed by atoms with Crippen molar-refractivity contribution < 1.29 is 22.7 Å². The summed E-state index contributed by atoms with van der Waals surface area (Å²) >= 11 is 6.19. The van der Waals surface area contributed by atoms with E-state index in [0.29, 0.717) is 16.9 Å². The minimum atomic E-state index is -3.78. The molecule has 0 saturated carbocycles. The Balaban J connectivity index is 1.65. The van der Waals surface area contributed by atoms with Gasteiger partial charge in [-0.15, -0.1) is 0 Å². The van der Waals surface area contributed by atoms with E-state index in [9.17, 15) is 13.2 Å². The van der Waals surface area contributed by atoms with E-state index in [-0.39, 0.29) is 15.7 Å². The Morgan fingerprint density at radius 3 is 2.32 bits per heavy atom. The highest BCUT2D eigenvalue weighted by Crippen LogP contribution is 2.26. The molecule has 7 nitrogen and oxygen atoms in total. The minimum Gasteiger partial charge on any atom is -0.497 e. The Labute approximate surface area is 185 Å². The summed E-state index contributed by atoms with van der Waals surface area (Å²) in [5, 5.41) is 3.94. The maximum Gasteiger partial charge on any atom is 0.343 e. The van der Waals surface area contributed by atoms with Gasteiger partial charge in [0.1, 0.15) is 11.5 Å². The molecule has 1 N–H and O–H groups in total. The fraction of sp³-hybridized carbons (Fsp3) is 0.0909. The summed E-state index contributed by atoms with van der Waals surface area (Å²) in [7, 11) is -2.24. The molecule has 0 aliphatic heterocycles. The lowest BCUT2D eigenvalue weighted by Gasteiger charge is -2.08. The lowest BCUT2D eigenvalue weighted by molar-refractivity contribution is 0.0735. The van der Waals surface area contributed by atoms with Crippen LogP contribution in [-0.4, -0.2) is 27.7 Å². The standard InChI is InChI=1S/C22H19ClN2O5S/c1-15-3-10-19(11-4-15)31(27,28)25-24-14-16-5-12-21(20(23)13-16)30-22(26)17-6-8-18(29-2)9-7-17/h3-14,25H,1-2H3. The highest BCUT2D eigenvalue weighted by atomic mass is 35.5. The third-order valence-corrected chi connectivity index (χ3v) is 5.74. The SMILES string of the molecule is COc1ccc(C(=O)Oc2ccc(C=NNS(=O)(=O)c3ccc(C)cc3)cc2Cl)cc1. The molecule has 0 heterocycles. The number of nitrogens with zero attached hydrogens (tertiary/aromatic N) is 1. The van der Waals surface area contributed by atoms with E-state index in [4.69, 9.17) is 21.1 Å². The van der Waals surface area contributed by atoms with E-state index in [2.05, 4.69) is 9.93 Å². The third-order valence-electron chi connectivity index (χ3n) is 4.20. The Morgan fingerprint density at radius 1 is 1.03 bits per heavy atom. The van der Waals surface area contributed by atoms with Crippen molar-refractivity contribution in [3.05, 3.63) is 88.4 Å². The summed E-state index contributed by atoms with van der Waals surface area (Å²) in [6, 6.07) is 17.4. The Hall–Kier alpha value is -3.36. The number of methoxy groups -OCH3 is 1. The first-order chi connectivity index (χ1) is 14.8. The van der Waals surface area contributed by atoms with Crippen molar-refractivity contribution in [2.24, 2.45) is 5.10 Å². The van der Waals surface area contributed by atoms with Crippen LogP contribution in [0.2, 0.25) is 5.02 Å². The van der Waals surface area contributed by atoms with Crippen molar-refractivity contribution in [3.8, 4) is 11.5 Å². The van der Waals surface area contributed by atoms with Crippen molar-refractivity contribution >= 4 is 33.8 Å². The van der Waals surface area contributed by atoms with Gasteiger partial charge >= 0.3 is 5.97 Å². The fourth-order valence-corrected chi connectivity index (χ4v) is 3.53. The summed E-state index contributed by atoms with van der Waals surface area (Å²) in [6.07, 6.45) is 1.30. The maximum absolute atomic E-state index is 12.3. The van der Waals surface area contributed by atoms with Crippen molar-refractivity contribution in [1.29, 1.82) is 0 Å². The average Bonchev–Trinajstić information content (AvgIpc) is 2.76. The van der Waals surface area contributed by atoms with Crippen LogP contribution in [-0.2, 0) is 10.0 Å². The van der Waals surface area contributed by atoms with Crippen molar-refractivity contribution in [2.45, 2.75) is 11.8 Å². The van der Waals surface area contributed by atoms with Crippen molar-refractivity contribution in [1.82, 2.24) is 4.83 Å². The van der Waals surface area contributed by atoms with Gasteiger partial charge in [-0.3, -0.25) is 0 Å². The Bertz CT molecular complexity index is 1210. The van der Waals surface area contributed by atoms with E-state index >= 15 is 0 Å². The number of aryl methyl sites for hydroxylation is 1. The predicted molar refractivity (Wildman–Crippen MR) is 118 cm³/mol. The molecule has 0 aromatic heterocycles. The van der Waals surface area contributed by atoms with Gasteiger partial charge < -0.3 is 9.47 Å². The quantitative estimate of drug-likeness (QED) is 0.248. The molecule has 0 aliphatic rings. The van der Waals surface area contributed by atoms with Crippen molar-refractivity contribution in [3.63, 3.8) is 0 Å². The predicted octanol–water partition coefficient (Wildman–Crippen LogP) is 4.19. The van der Waals surface area contributed by atoms with Crippen LogP contribution in [0.25, 0.3) is 0 Å². The fourth-order valence-electron chi connectivity index (χ4n) is 2.51. The molecule has 9 heteroatoms. The van der Waals surface area contributed by atoms with E-state index in [1.165, 1.54) is 37.6 Å². The molecule has 160 valence electrons. The minimum absolute atomic E-state index is 0.106. The lowest BCUT2D eigenvalue weighted by atomic mass is 10.2. The first kappa shape index (κ1) is 22.3. The van der Waals surface area contributed by atoms with Crippen LogP contribution >= 0.6 is 11.6 Å². The zero-order valence-electron chi connectivity index (χ0n) is 16.7. The van der Waals surface area contributed by atoms with E-state index in [1.807, 2.05) is 6.92 Å². The second-order valence-electron chi connectivity index (χ2n) is 6.47. The summed E-state index contributed by atoms with van der Waals surface area (Å²) in [6.45, 7) is 1.86. The summed E-state index contributed by atoms with van der Waals surface area (Å²) in [5.74, 6) is 0.216. The number of ether oxygens (including phenoxy) is 2. The van der Waals surface area contributed by atoms with Gasteiger partial charge in [-0.1, -0.05) is 29.3 Å². The third kappa shape index (κ3) is 5.84. The summed E-state index contributed by atoms with van der Waals surface area (Å²) in [5.41, 5.74) is 1.80. The monoisotopic (exact) mass is 458 g/mol. The van der Waals surface area contributed by atoms with Crippen LogP contribution in [0.15, 0.2) is 76.7 Å². The smallest absolute Gasteiger partial charge is 0.343 e. The molecule has 0 saturated heterocycles. The van der Waals surface area contributed by atoms with Crippen LogP contribution in [0.3, 0.4) is 0 Å². The molecule has 0 atom stereocenters. The number of sulfonamides is 1. The topological polar surface area (TPSA) is 94.1 Å².